The number of nitrogens with one attached hydrogen (secondary N) is 3. The number of carbonyl (C=O) groups is 4. The van der Waals surface area contributed by atoms with Gasteiger partial charge in [-0.05, 0) is 44.9 Å². The Hall–Kier alpha value is -3.22. The van der Waals surface area contributed by atoms with Crippen LogP contribution in [0.1, 0.15) is 26.3 Å². The normalized spacial score (nSPS) is 16.6. The van der Waals surface area contributed by atoms with E-state index in [4.69, 9.17) is 10.8 Å². The smallest absolute Gasteiger partial charge is 0.328 e. The van der Waals surface area contributed by atoms with Crippen LogP contribution in [-0.2, 0) is 25.6 Å². The minimum atomic E-state index is -1.58. The largest absolute Gasteiger partial charge is 0.508 e. The molecule has 3 amide bonds. The van der Waals surface area contributed by atoms with Gasteiger partial charge in [0.15, 0.2) is 6.04 Å². The number of carbonyl (C=O) groups excluding carboxylic acids is 3. The topological polar surface area (TPSA) is 211 Å². The van der Waals surface area contributed by atoms with Gasteiger partial charge in [-0.3, -0.25) is 14.4 Å². The highest BCUT2D eigenvalue weighted by Crippen LogP contribution is 2.11. The van der Waals surface area contributed by atoms with Crippen LogP contribution in [0.25, 0.3) is 0 Å². The maximum absolute atomic E-state index is 12.5. The van der Waals surface area contributed by atoms with E-state index in [-0.39, 0.29) is 12.2 Å². The number of phenolic OH excluding ortho intramolecular Hbond substituents is 1. The molecule has 6 unspecified atom stereocenters. The van der Waals surface area contributed by atoms with Gasteiger partial charge >= 0.3 is 5.97 Å². The standard InChI is InChI=1S/C20H30N4O8/c1-9(17(28)24-16(11(3)26)20(31)32)22-19(30)15(10(2)25)23-18(29)14(21)8-12-4-6-13(27)7-5-12/h4-7,9-11,14-16,25-27H,8,21H2,1-3H3,(H,22,30)(H,23,29)(H,24,28)(H,31,32). The number of hydrogen-bond acceptors (Lipinski definition) is 8. The van der Waals surface area contributed by atoms with Crippen LogP contribution in [0.15, 0.2) is 24.3 Å². The lowest BCUT2D eigenvalue weighted by molar-refractivity contribution is -0.145. The first-order valence-corrected chi connectivity index (χ1v) is 9.87. The summed E-state index contributed by atoms with van der Waals surface area (Å²) >= 11 is 0. The summed E-state index contributed by atoms with van der Waals surface area (Å²) in [7, 11) is 0. The average Bonchev–Trinajstić information content (AvgIpc) is 2.70. The van der Waals surface area contributed by atoms with Crippen molar-refractivity contribution in [2.45, 2.75) is 63.6 Å². The zero-order chi connectivity index (χ0) is 24.6. The molecular weight excluding hydrogens is 424 g/mol. The molecule has 0 saturated heterocycles. The van der Waals surface area contributed by atoms with Gasteiger partial charge in [0.2, 0.25) is 17.7 Å². The third-order valence-corrected chi connectivity index (χ3v) is 4.59. The minimum absolute atomic E-state index is 0.0545. The molecule has 0 bridgehead atoms. The average molecular weight is 454 g/mol. The van der Waals surface area contributed by atoms with Gasteiger partial charge in [0.1, 0.15) is 17.8 Å². The minimum Gasteiger partial charge on any atom is -0.508 e. The van der Waals surface area contributed by atoms with E-state index in [0.717, 1.165) is 0 Å². The molecule has 0 saturated carbocycles. The summed E-state index contributed by atoms with van der Waals surface area (Å²) in [6.45, 7) is 3.71. The molecule has 12 nitrogen and oxygen atoms in total. The van der Waals surface area contributed by atoms with E-state index in [2.05, 4.69) is 16.0 Å². The van der Waals surface area contributed by atoms with E-state index in [1.54, 1.807) is 12.1 Å². The molecule has 1 aromatic rings. The van der Waals surface area contributed by atoms with E-state index in [9.17, 15) is 34.5 Å². The monoisotopic (exact) mass is 454 g/mol. The molecular formula is C20H30N4O8. The Labute approximate surface area is 184 Å². The second kappa shape index (κ2) is 12.0. The molecule has 0 aliphatic rings. The lowest BCUT2D eigenvalue weighted by Crippen LogP contribution is -2.60. The fourth-order valence-corrected chi connectivity index (χ4v) is 2.68. The number of aliphatic carboxylic acids is 1. The van der Waals surface area contributed by atoms with Gasteiger partial charge in [-0.15, -0.1) is 0 Å². The van der Waals surface area contributed by atoms with Crippen molar-refractivity contribution >= 4 is 23.7 Å². The summed E-state index contributed by atoms with van der Waals surface area (Å²) in [5.74, 6) is -3.90. The number of benzene rings is 1. The van der Waals surface area contributed by atoms with Crippen LogP contribution >= 0.6 is 0 Å². The molecule has 0 aliphatic heterocycles. The van der Waals surface area contributed by atoms with Gasteiger partial charge in [-0.25, -0.2) is 4.79 Å². The lowest BCUT2D eigenvalue weighted by atomic mass is 10.0. The molecule has 0 aliphatic carbocycles. The van der Waals surface area contributed by atoms with Crippen LogP contribution < -0.4 is 21.7 Å². The van der Waals surface area contributed by atoms with Crippen molar-refractivity contribution in [1.82, 2.24) is 16.0 Å². The van der Waals surface area contributed by atoms with Crippen LogP contribution in [0, 0.1) is 0 Å². The van der Waals surface area contributed by atoms with Crippen LogP contribution in [0.5, 0.6) is 5.75 Å². The zero-order valence-electron chi connectivity index (χ0n) is 18.0. The summed E-state index contributed by atoms with van der Waals surface area (Å²) in [4.78, 5) is 48.2. The maximum atomic E-state index is 12.5. The van der Waals surface area contributed by atoms with E-state index in [1.807, 2.05) is 0 Å². The van der Waals surface area contributed by atoms with Gasteiger partial charge < -0.3 is 42.1 Å². The molecule has 0 aromatic heterocycles. The quantitative estimate of drug-likeness (QED) is 0.178. The molecule has 0 fully saturated rings. The predicted molar refractivity (Wildman–Crippen MR) is 112 cm³/mol. The first-order chi connectivity index (χ1) is 14.8. The van der Waals surface area contributed by atoms with Crippen molar-refractivity contribution in [3.63, 3.8) is 0 Å². The summed E-state index contributed by atoms with van der Waals surface area (Å²) < 4.78 is 0. The number of carboxylic acid groups (broad SMARTS) is 1. The zero-order valence-corrected chi connectivity index (χ0v) is 18.0. The molecule has 178 valence electrons. The van der Waals surface area contributed by atoms with Gasteiger partial charge in [0.25, 0.3) is 0 Å². The molecule has 0 radical (unpaired) electrons. The van der Waals surface area contributed by atoms with Gasteiger partial charge in [0, 0.05) is 0 Å². The molecule has 32 heavy (non-hydrogen) atoms. The Bertz CT molecular complexity index is 812. The van der Waals surface area contributed by atoms with Crippen molar-refractivity contribution in [2.75, 3.05) is 0 Å². The Morgan fingerprint density at radius 2 is 1.34 bits per heavy atom. The van der Waals surface area contributed by atoms with Crippen molar-refractivity contribution < 1.29 is 39.6 Å². The Morgan fingerprint density at radius 3 is 1.81 bits per heavy atom. The van der Waals surface area contributed by atoms with Crippen LogP contribution in [0.2, 0.25) is 0 Å². The Kier molecular flexibility index (Phi) is 10.0. The third kappa shape index (κ3) is 8.13. The Morgan fingerprint density at radius 1 is 0.844 bits per heavy atom. The van der Waals surface area contributed by atoms with Gasteiger partial charge in [0.05, 0.1) is 18.2 Å². The van der Waals surface area contributed by atoms with Crippen molar-refractivity contribution in [3.05, 3.63) is 29.8 Å². The molecule has 12 heteroatoms. The second-order valence-corrected chi connectivity index (χ2v) is 7.50. The maximum Gasteiger partial charge on any atom is 0.328 e. The predicted octanol–water partition coefficient (Wildman–Crippen LogP) is -2.42. The SMILES string of the molecule is CC(NC(=O)C(NC(=O)C(N)Cc1ccc(O)cc1)C(C)O)C(=O)NC(C(=O)O)C(C)O. The van der Waals surface area contributed by atoms with Crippen LogP contribution in [0.4, 0.5) is 0 Å². The highest BCUT2D eigenvalue weighted by atomic mass is 16.4. The van der Waals surface area contributed by atoms with Gasteiger partial charge in [-0.2, -0.15) is 0 Å². The fraction of sp³-hybridized carbons (Fsp3) is 0.500. The number of nitrogens with two attached hydrogens (primary N) is 1. The van der Waals surface area contributed by atoms with Crippen molar-refractivity contribution in [3.8, 4) is 5.75 Å². The first-order valence-electron chi connectivity index (χ1n) is 9.87. The third-order valence-electron chi connectivity index (χ3n) is 4.59. The summed E-state index contributed by atoms with van der Waals surface area (Å²) in [6.07, 6.45) is -2.60. The molecule has 9 N–H and O–H groups in total. The first kappa shape index (κ1) is 26.8. The summed E-state index contributed by atoms with van der Waals surface area (Å²) in [5, 5.41) is 44.4. The lowest BCUT2D eigenvalue weighted by Gasteiger charge is -2.25. The number of hydrogen-bond donors (Lipinski definition) is 8. The number of amides is 3. The van der Waals surface area contributed by atoms with E-state index in [0.29, 0.717) is 5.56 Å². The molecule has 1 rings (SSSR count). The summed E-state index contributed by atoms with van der Waals surface area (Å²) in [5.41, 5.74) is 6.53. The van der Waals surface area contributed by atoms with Crippen molar-refractivity contribution in [1.29, 1.82) is 0 Å². The van der Waals surface area contributed by atoms with E-state index < -0.39 is 60.1 Å². The molecule has 1 aromatic carbocycles. The van der Waals surface area contributed by atoms with Gasteiger partial charge in [-0.1, -0.05) is 12.1 Å². The number of carboxylic acids is 1. The van der Waals surface area contributed by atoms with E-state index >= 15 is 0 Å². The highest BCUT2D eigenvalue weighted by Gasteiger charge is 2.31. The fourth-order valence-electron chi connectivity index (χ4n) is 2.68. The number of rotatable bonds is 11. The second-order valence-electron chi connectivity index (χ2n) is 7.50. The number of aliphatic hydroxyl groups is 2. The molecule has 0 spiro atoms. The number of aliphatic hydroxyl groups excluding tert-OH is 2. The highest BCUT2D eigenvalue weighted by molar-refractivity contribution is 5.94. The van der Waals surface area contributed by atoms with E-state index in [1.165, 1.54) is 32.9 Å². The molecule has 6 atom stereocenters. The number of phenols is 1. The summed E-state index contributed by atoms with van der Waals surface area (Å²) in [6, 6.07) is 0.736. The Balaban J connectivity index is 2.73. The van der Waals surface area contributed by atoms with Crippen molar-refractivity contribution in [2.24, 2.45) is 5.73 Å². The molecule has 0 heterocycles. The number of aromatic hydroxyl groups is 1. The van der Waals surface area contributed by atoms with Crippen LogP contribution in [0.3, 0.4) is 0 Å². The van der Waals surface area contributed by atoms with Crippen LogP contribution in [-0.4, -0.2) is 80.5 Å².